The maximum atomic E-state index is 4.97. The average molecular weight is 393 g/mol. The third kappa shape index (κ3) is 3.01. The Morgan fingerprint density at radius 2 is 1.57 bits per heavy atom. The van der Waals surface area contributed by atoms with E-state index in [1.54, 1.807) is 0 Å². The molecule has 0 aliphatic carbocycles. The fourth-order valence-electron chi connectivity index (χ4n) is 4.15. The van der Waals surface area contributed by atoms with Crippen molar-refractivity contribution in [1.82, 2.24) is 14.5 Å². The molecular formula is C26H24N4. The van der Waals surface area contributed by atoms with Gasteiger partial charge in [-0.2, -0.15) is 0 Å². The molecule has 3 aromatic carbocycles. The highest BCUT2D eigenvalue weighted by atomic mass is 15.1. The molecule has 5 aromatic rings. The number of pyridine rings is 1. The Bertz CT molecular complexity index is 1310. The highest BCUT2D eigenvalue weighted by molar-refractivity contribution is 5.93. The van der Waals surface area contributed by atoms with Gasteiger partial charge < -0.3 is 4.90 Å². The van der Waals surface area contributed by atoms with Crippen molar-refractivity contribution in [2.24, 2.45) is 0 Å². The number of aromatic nitrogens is 3. The second-order valence-corrected chi connectivity index (χ2v) is 7.33. The highest BCUT2D eigenvalue weighted by Crippen LogP contribution is 2.32. The zero-order chi connectivity index (χ0) is 20.5. The van der Waals surface area contributed by atoms with E-state index < -0.39 is 0 Å². The molecule has 0 amide bonds. The van der Waals surface area contributed by atoms with E-state index in [0.717, 1.165) is 41.3 Å². The molecule has 0 radical (unpaired) electrons. The maximum absolute atomic E-state index is 4.97. The van der Waals surface area contributed by atoms with Crippen LogP contribution in [0.1, 0.15) is 13.8 Å². The summed E-state index contributed by atoms with van der Waals surface area (Å²) in [6, 6.07) is 27.5. The van der Waals surface area contributed by atoms with Crippen LogP contribution in [-0.2, 0) is 0 Å². The standard InChI is InChI=1S/C26H24N4/c1-3-29(4-2)21-16-14-20(15-17-21)25-28-23-12-8-18-27-26(23)30(25)24-13-7-10-19-9-5-6-11-22(19)24/h5-18H,3-4H2,1-2H3. The van der Waals surface area contributed by atoms with Crippen LogP contribution >= 0.6 is 0 Å². The predicted octanol–water partition coefficient (Wildman–Crippen LogP) is 6.09. The topological polar surface area (TPSA) is 34.0 Å². The number of fused-ring (bicyclic) bond motifs is 2. The summed E-state index contributed by atoms with van der Waals surface area (Å²) in [5.74, 6) is 0.908. The van der Waals surface area contributed by atoms with Crippen LogP contribution in [0.25, 0.3) is 39.0 Å². The Balaban J connectivity index is 1.74. The van der Waals surface area contributed by atoms with Crippen molar-refractivity contribution in [1.29, 1.82) is 0 Å². The van der Waals surface area contributed by atoms with Crippen LogP contribution in [-0.4, -0.2) is 27.6 Å². The molecule has 0 spiro atoms. The van der Waals surface area contributed by atoms with E-state index >= 15 is 0 Å². The maximum Gasteiger partial charge on any atom is 0.164 e. The smallest absolute Gasteiger partial charge is 0.164 e. The Morgan fingerprint density at radius 3 is 2.37 bits per heavy atom. The molecule has 4 nitrogen and oxygen atoms in total. The molecule has 2 aromatic heterocycles. The molecule has 30 heavy (non-hydrogen) atoms. The van der Waals surface area contributed by atoms with Gasteiger partial charge in [0.1, 0.15) is 11.3 Å². The first-order valence-corrected chi connectivity index (χ1v) is 10.5. The van der Waals surface area contributed by atoms with Gasteiger partial charge in [0.25, 0.3) is 0 Å². The molecule has 0 saturated heterocycles. The van der Waals surface area contributed by atoms with E-state index in [2.05, 4.69) is 95.0 Å². The highest BCUT2D eigenvalue weighted by Gasteiger charge is 2.17. The minimum Gasteiger partial charge on any atom is -0.372 e. The van der Waals surface area contributed by atoms with Crippen LogP contribution < -0.4 is 4.90 Å². The summed E-state index contributed by atoms with van der Waals surface area (Å²) in [6.07, 6.45) is 1.83. The van der Waals surface area contributed by atoms with Crippen LogP contribution in [0.5, 0.6) is 0 Å². The zero-order valence-corrected chi connectivity index (χ0v) is 17.3. The second-order valence-electron chi connectivity index (χ2n) is 7.33. The summed E-state index contributed by atoms with van der Waals surface area (Å²) in [4.78, 5) is 12.0. The Hall–Kier alpha value is -3.66. The van der Waals surface area contributed by atoms with Gasteiger partial charge in [0.2, 0.25) is 0 Å². The summed E-state index contributed by atoms with van der Waals surface area (Å²) >= 11 is 0. The van der Waals surface area contributed by atoms with Crippen LogP contribution in [0.2, 0.25) is 0 Å². The SMILES string of the molecule is CCN(CC)c1ccc(-c2nc3cccnc3n2-c2cccc3ccccc23)cc1. The Labute approximate surface area is 176 Å². The fraction of sp³-hybridized carbons (Fsp3) is 0.154. The molecule has 0 N–H and O–H groups in total. The van der Waals surface area contributed by atoms with Gasteiger partial charge in [0.15, 0.2) is 5.65 Å². The Kier molecular flexibility index (Phi) is 4.68. The van der Waals surface area contributed by atoms with Crippen molar-refractivity contribution < 1.29 is 0 Å². The van der Waals surface area contributed by atoms with E-state index in [4.69, 9.17) is 4.98 Å². The number of rotatable bonds is 5. The minimum atomic E-state index is 0.872. The lowest BCUT2D eigenvalue weighted by Crippen LogP contribution is -2.21. The van der Waals surface area contributed by atoms with E-state index in [9.17, 15) is 0 Å². The molecule has 0 saturated carbocycles. The van der Waals surface area contributed by atoms with Crippen LogP contribution in [0.3, 0.4) is 0 Å². The van der Waals surface area contributed by atoms with Gasteiger partial charge in [-0.15, -0.1) is 0 Å². The van der Waals surface area contributed by atoms with Crippen LogP contribution in [0, 0.1) is 0 Å². The summed E-state index contributed by atoms with van der Waals surface area (Å²) in [6.45, 7) is 6.36. The molecule has 0 bridgehead atoms. The molecule has 2 heterocycles. The van der Waals surface area contributed by atoms with Crippen LogP contribution in [0.4, 0.5) is 5.69 Å². The molecule has 0 unspecified atom stereocenters. The molecule has 0 fully saturated rings. The molecule has 0 aliphatic rings. The van der Waals surface area contributed by atoms with Crippen molar-refractivity contribution in [3.8, 4) is 17.1 Å². The number of hydrogen-bond acceptors (Lipinski definition) is 3. The lowest BCUT2D eigenvalue weighted by atomic mass is 10.1. The van der Waals surface area contributed by atoms with Crippen molar-refractivity contribution in [2.45, 2.75) is 13.8 Å². The minimum absolute atomic E-state index is 0.872. The molecule has 0 aliphatic heterocycles. The zero-order valence-electron chi connectivity index (χ0n) is 17.3. The molecule has 148 valence electrons. The normalized spacial score (nSPS) is 11.3. The number of hydrogen-bond donors (Lipinski definition) is 0. The van der Waals surface area contributed by atoms with E-state index in [-0.39, 0.29) is 0 Å². The van der Waals surface area contributed by atoms with Gasteiger partial charge in [-0.25, -0.2) is 9.97 Å². The van der Waals surface area contributed by atoms with Crippen molar-refractivity contribution >= 4 is 27.6 Å². The lowest BCUT2D eigenvalue weighted by Gasteiger charge is -2.21. The first-order chi connectivity index (χ1) is 14.8. The summed E-state index contributed by atoms with van der Waals surface area (Å²) in [5, 5.41) is 2.39. The van der Waals surface area contributed by atoms with E-state index in [1.165, 1.54) is 16.5 Å². The third-order valence-corrected chi connectivity index (χ3v) is 5.68. The quantitative estimate of drug-likeness (QED) is 0.363. The van der Waals surface area contributed by atoms with Gasteiger partial charge in [0.05, 0.1) is 5.69 Å². The van der Waals surface area contributed by atoms with Crippen molar-refractivity contribution in [3.05, 3.63) is 85.1 Å². The summed E-state index contributed by atoms with van der Waals surface area (Å²) in [5.41, 5.74) is 5.17. The number of benzene rings is 3. The Morgan fingerprint density at radius 1 is 0.800 bits per heavy atom. The van der Waals surface area contributed by atoms with E-state index in [1.807, 2.05) is 18.3 Å². The first kappa shape index (κ1) is 18.4. The molecule has 4 heteroatoms. The monoisotopic (exact) mass is 392 g/mol. The van der Waals surface area contributed by atoms with Gasteiger partial charge in [-0.3, -0.25) is 4.57 Å². The molecule has 5 rings (SSSR count). The van der Waals surface area contributed by atoms with Gasteiger partial charge in [-0.1, -0.05) is 36.4 Å². The lowest BCUT2D eigenvalue weighted by molar-refractivity contribution is 0.866. The van der Waals surface area contributed by atoms with Crippen LogP contribution in [0.15, 0.2) is 85.1 Å². The largest absolute Gasteiger partial charge is 0.372 e. The fourth-order valence-corrected chi connectivity index (χ4v) is 4.15. The predicted molar refractivity (Wildman–Crippen MR) is 125 cm³/mol. The van der Waals surface area contributed by atoms with Crippen molar-refractivity contribution in [3.63, 3.8) is 0 Å². The third-order valence-electron chi connectivity index (χ3n) is 5.68. The van der Waals surface area contributed by atoms with Gasteiger partial charge in [-0.05, 0) is 61.7 Å². The molecular weight excluding hydrogens is 368 g/mol. The average Bonchev–Trinajstić information content (AvgIpc) is 3.19. The summed E-state index contributed by atoms with van der Waals surface area (Å²) in [7, 11) is 0. The number of nitrogens with zero attached hydrogens (tertiary/aromatic N) is 4. The van der Waals surface area contributed by atoms with Gasteiger partial charge in [0, 0.05) is 35.9 Å². The van der Waals surface area contributed by atoms with Crippen molar-refractivity contribution in [2.75, 3.05) is 18.0 Å². The summed E-state index contributed by atoms with van der Waals surface area (Å²) < 4.78 is 2.18. The van der Waals surface area contributed by atoms with E-state index in [0.29, 0.717) is 0 Å². The number of imidazole rings is 1. The number of anilines is 1. The van der Waals surface area contributed by atoms with Gasteiger partial charge >= 0.3 is 0 Å². The first-order valence-electron chi connectivity index (χ1n) is 10.5. The molecule has 0 atom stereocenters. The second kappa shape index (κ2) is 7.64.